The molecule has 1 amide bonds. The first-order valence-electron chi connectivity index (χ1n) is 6.09. The lowest BCUT2D eigenvalue weighted by Gasteiger charge is -2.27. The van der Waals surface area contributed by atoms with Crippen LogP contribution in [0.4, 0.5) is 4.79 Å². The van der Waals surface area contributed by atoms with Crippen LogP contribution in [0.2, 0.25) is 0 Å². The van der Waals surface area contributed by atoms with Crippen LogP contribution in [0.3, 0.4) is 0 Å². The van der Waals surface area contributed by atoms with Crippen molar-refractivity contribution < 1.29 is 19.4 Å². The SMILES string of the molecule is CC[C@@]1(C(=O)O)CN(C(=O)OC(C)(C)C)C[C@H]1N. The van der Waals surface area contributed by atoms with E-state index >= 15 is 0 Å². The van der Waals surface area contributed by atoms with Crippen molar-refractivity contribution in [1.82, 2.24) is 4.90 Å². The van der Waals surface area contributed by atoms with Crippen LogP contribution in [-0.4, -0.2) is 46.8 Å². The molecule has 0 spiro atoms. The second-order valence-electron chi connectivity index (χ2n) is 5.78. The summed E-state index contributed by atoms with van der Waals surface area (Å²) in [5.74, 6) is -0.955. The summed E-state index contributed by atoms with van der Waals surface area (Å²) in [6.07, 6.45) is -0.113. The quantitative estimate of drug-likeness (QED) is 0.772. The highest BCUT2D eigenvalue weighted by molar-refractivity contribution is 5.79. The van der Waals surface area contributed by atoms with E-state index in [1.54, 1.807) is 27.7 Å². The highest BCUT2D eigenvalue weighted by Gasteiger charge is 2.51. The predicted octanol–water partition coefficient (Wildman–Crippen LogP) is 1.05. The summed E-state index contributed by atoms with van der Waals surface area (Å²) in [7, 11) is 0. The monoisotopic (exact) mass is 258 g/mol. The van der Waals surface area contributed by atoms with E-state index in [1.165, 1.54) is 4.90 Å². The summed E-state index contributed by atoms with van der Waals surface area (Å²) in [5, 5.41) is 9.31. The van der Waals surface area contributed by atoms with Crippen molar-refractivity contribution in [2.45, 2.75) is 45.8 Å². The Labute approximate surface area is 107 Å². The number of carbonyl (C=O) groups excluding carboxylic acids is 1. The van der Waals surface area contributed by atoms with Gasteiger partial charge in [0.2, 0.25) is 0 Å². The van der Waals surface area contributed by atoms with Crippen LogP contribution in [0.5, 0.6) is 0 Å². The lowest BCUT2D eigenvalue weighted by Crippen LogP contribution is -2.46. The molecule has 0 bridgehead atoms. The maximum absolute atomic E-state index is 11.9. The smallest absolute Gasteiger partial charge is 0.410 e. The first-order chi connectivity index (χ1) is 8.12. The van der Waals surface area contributed by atoms with Crippen molar-refractivity contribution in [2.24, 2.45) is 11.1 Å². The van der Waals surface area contributed by atoms with Crippen LogP contribution in [0.25, 0.3) is 0 Å². The Morgan fingerprint density at radius 2 is 2.06 bits per heavy atom. The Morgan fingerprint density at radius 1 is 1.50 bits per heavy atom. The Balaban J connectivity index is 2.80. The molecule has 0 aromatic heterocycles. The molecular weight excluding hydrogens is 236 g/mol. The molecule has 1 aliphatic rings. The lowest BCUT2D eigenvalue weighted by atomic mass is 9.81. The van der Waals surface area contributed by atoms with Gasteiger partial charge in [0.05, 0.1) is 0 Å². The number of hydrogen-bond donors (Lipinski definition) is 2. The van der Waals surface area contributed by atoms with Gasteiger partial charge in [-0.1, -0.05) is 6.92 Å². The third-order valence-electron chi connectivity index (χ3n) is 3.31. The predicted molar refractivity (Wildman–Crippen MR) is 66.1 cm³/mol. The molecule has 6 heteroatoms. The number of carbonyl (C=O) groups is 2. The van der Waals surface area contributed by atoms with Gasteiger partial charge in [0, 0.05) is 19.1 Å². The fourth-order valence-electron chi connectivity index (χ4n) is 2.15. The standard InChI is InChI=1S/C12H22N2O4/c1-5-12(9(15)16)7-14(6-8(12)13)10(17)18-11(2,3)4/h8H,5-7,13H2,1-4H3,(H,15,16)/t8-,12-/m1/s1. The molecule has 0 aromatic rings. The van der Waals surface area contributed by atoms with Gasteiger partial charge >= 0.3 is 12.1 Å². The van der Waals surface area contributed by atoms with Crippen LogP contribution >= 0.6 is 0 Å². The summed E-state index contributed by atoms with van der Waals surface area (Å²) >= 11 is 0. The fraction of sp³-hybridized carbons (Fsp3) is 0.833. The molecule has 0 saturated carbocycles. The maximum atomic E-state index is 11.9. The average Bonchev–Trinajstić information content (AvgIpc) is 2.54. The summed E-state index contributed by atoms with van der Waals surface area (Å²) < 4.78 is 5.23. The lowest BCUT2D eigenvalue weighted by molar-refractivity contribution is -0.149. The van der Waals surface area contributed by atoms with Crippen LogP contribution in [0.15, 0.2) is 0 Å². The average molecular weight is 258 g/mol. The fourth-order valence-corrected chi connectivity index (χ4v) is 2.15. The van der Waals surface area contributed by atoms with E-state index in [2.05, 4.69) is 0 Å². The molecule has 18 heavy (non-hydrogen) atoms. The number of likely N-dealkylation sites (tertiary alicyclic amines) is 1. The van der Waals surface area contributed by atoms with Gasteiger partial charge in [0.25, 0.3) is 0 Å². The number of hydrogen-bond acceptors (Lipinski definition) is 4. The van der Waals surface area contributed by atoms with Gasteiger partial charge in [-0.05, 0) is 27.2 Å². The van der Waals surface area contributed by atoms with E-state index in [0.717, 1.165) is 0 Å². The number of carboxylic acids is 1. The van der Waals surface area contributed by atoms with Gasteiger partial charge < -0.3 is 20.5 Å². The number of nitrogens with zero attached hydrogens (tertiary/aromatic N) is 1. The van der Waals surface area contributed by atoms with Crippen LogP contribution in [0.1, 0.15) is 34.1 Å². The summed E-state index contributed by atoms with van der Waals surface area (Å²) in [6.45, 7) is 7.40. The second-order valence-corrected chi connectivity index (χ2v) is 5.78. The highest BCUT2D eigenvalue weighted by atomic mass is 16.6. The number of rotatable bonds is 2. The van der Waals surface area contributed by atoms with Crippen LogP contribution < -0.4 is 5.73 Å². The second kappa shape index (κ2) is 4.76. The van der Waals surface area contributed by atoms with E-state index in [0.29, 0.717) is 6.42 Å². The molecule has 1 saturated heterocycles. The molecule has 1 rings (SSSR count). The third kappa shape index (κ3) is 2.75. The molecule has 2 atom stereocenters. The molecule has 104 valence electrons. The summed E-state index contributed by atoms with van der Waals surface area (Å²) in [5.41, 5.74) is 4.23. The van der Waals surface area contributed by atoms with Crippen molar-refractivity contribution in [3.05, 3.63) is 0 Å². The van der Waals surface area contributed by atoms with Gasteiger partial charge in [-0.15, -0.1) is 0 Å². The van der Waals surface area contributed by atoms with Crippen molar-refractivity contribution in [3.8, 4) is 0 Å². The normalized spacial score (nSPS) is 28.3. The number of carboxylic acid groups (broad SMARTS) is 1. The Morgan fingerprint density at radius 3 is 2.39 bits per heavy atom. The van der Waals surface area contributed by atoms with E-state index in [9.17, 15) is 14.7 Å². The minimum atomic E-state index is -1.06. The Kier molecular flexibility index (Phi) is 3.90. The summed E-state index contributed by atoms with van der Waals surface area (Å²) in [4.78, 5) is 24.6. The number of ether oxygens (including phenoxy) is 1. The first-order valence-corrected chi connectivity index (χ1v) is 6.09. The Bertz CT molecular complexity index is 350. The summed E-state index contributed by atoms with van der Waals surface area (Å²) in [6, 6.07) is -0.562. The largest absolute Gasteiger partial charge is 0.481 e. The zero-order valence-electron chi connectivity index (χ0n) is 11.4. The zero-order valence-corrected chi connectivity index (χ0v) is 11.4. The molecule has 0 radical (unpaired) electrons. The van der Waals surface area contributed by atoms with Crippen molar-refractivity contribution in [3.63, 3.8) is 0 Å². The molecule has 1 aliphatic heterocycles. The van der Waals surface area contributed by atoms with Crippen LogP contribution in [0, 0.1) is 5.41 Å². The van der Waals surface area contributed by atoms with Gasteiger partial charge in [-0.3, -0.25) is 4.79 Å². The van der Waals surface area contributed by atoms with E-state index in [4.69, 9.17) is 10.5 Å². The van der Waals surface area contributed by atoms with E-state index < -0.39 is 29.1 Å². The molecule has 0 aromatic carbocycles. The topological polar surface area (TPSA) is 92.9 Å². The number of aliphatic carboxylic acids is 1. The molecule has 6 nitrogen and oxygen atoms in total. The maximum Gasteiger partial charge on any atom is 0.410 e. The molecule has 0 aliphatic carbocycles. The molecule has 0 unspecified atom stereocenters. The minimum absolute atomic E-state index is 0.106. The first kappa shape index (κ1) is 14.8. The van der Waals surface area contributed by atoms with Gasteiger partial charge in [0.15, 0.2) is 0 Å². The van der Waals surface area contributed by atoms with Crippen molar-refractivity contribution >= 4 is 12.1 Å². The highest BCUT2D eigenvalue weighted by Crippen LogP contribution is 2.34. The number of amides is 1. The van der Waals surface area contributed by atoms with E-state index in [-0.39, 0.29) is 13.1 Å². The van der Waals surface area contributed by atoms with Crippen LogP contribution in [-0.2, 0) is 9.53 Å². The molecule has 3 N–H and O–H groups in total. The minimum Gasteiger partial charge on any atom is -0.481 e. The molecular formula is C12H22N2O4. The van der Waals surface area contributed by atoms with Gasteiger partial charge in [-0.2, -0.15) is 0 Å². The van der Waals surface area contributed by atoms with Crippen molar-refractivity contribution in [1.29, 1.82) is 0 Å². The molecule has 1 heterocycles. The number of nitrogens with two attached hydrogens (primary N) is 1. The van der Waals surface area contributed by atoms with Gasteiger partial charge in [0.1, 0.15) is 11.0 Å². The van der Waals surface area contributed by atoms with Gasteiger partial charge in [-0.25, -0.2) is 4.79 Å². The van der Waals surface area contributed by atoms with E-state index in [1.807, 2.05) is 0 Å². The molecule has 1 fully saturated rings. The van der Waals surface area contributed by atoms with Crippen molar-refractivity contribution in [2.75, 3.05) is 13.1 Å². The zero-order chi connectivity index (χ0) is 14.1. The third-order valence-corrected chi connectivity index (χ3v) is 3.31. The Hall–Kier alpha value is -1.30.